The first kappa shape index (κ1) is 18.1. The molecule has 130 valence electrons. The van der Waals surface area contributed by atoms with Crippen molar-refractivity contribution in [3.8, 4) is 5.75 Å². The molecule has 1 heterocycles. The molecule has 0 amide bonds. The van der Waals surface area contributed by atoms with Crippen molar-refractivity contribution < 1.29 is 17.9 Å². The Morgan fingerprint density at radius 1 is 1.17 bits per heavy atom. The number of para-hydroxylation sites is 1. The van der Waals surface area contributed by atoms with Crippen LogP contribution in [0, 0.1) is 0 Å². The second-order valence-corrected chi connectivity index (χ2v) is 5.81. The standard InChI is InChI=1S/C16H18F3N3OS/c1-20-15(22-11-12-5-4-10-24-12)21-8-9-23-14-7-3-2-6-13(14)16(17,18)19/h2-7,10H,8-9,11H2,1H3,(H2,20,21,22). The molecule has 2 aromatic rings. The normalized spacial score (nSPS) is 12.1. The topological polar surface area (TPSA) is 45.7 Å². The van der Waals surface area contributed by atoms with Crippen LogP contribution in [0.1, 0.15) is 10.4 Å². The lowest BCUT2D eigenvalue weighted by Crippen LogP contribution is -2.38. The van der Waals surface area contributed by atoms with E-state index in [0.717, 1.165) is 10.9 Å². The Labute approximate surface area is 142 Å². The summed E-state index contributed by atoms with van der Waals surface area (Å²) in [5.41, 5.74) is -0.773. The number of guanidine groups is 1. The second-order valence-electron chi connectivity index (χ2n) is 4.77. The van der Waals surface area contributed by atoms with Crippen molar-refractivity contribution >= 4 is 17.3 Å². The Morgan fingerprint density at radius 2 is 1.96 bits per heavy atom. The molecule has 0 bridgehead atoms. The highest BCUT2D eigenvalue weighted by molar-refractivity contribution is 7.09. The molecule has 0 unspecified atom stereocenters. The number of ether oxygens (including phenoxy) is 1. The summed E-state index contributed by atoms with van der Waals surface area (Å²) in [4.78, 5) is 5.21. The van der Waals surface area contributed by atoms with E-state index in [-0.39, 0.29) is 12.4 Å². The second kappa shape index (κ2) is 8.58. The van der Waals surface area contributed by atoms with Gasteiger partial charge in [-0.25, -0.2) is 0 Å². The first-order chi connectivity index (χ1) is 11.5. The van der Waals surface area contributed by atoms with Crippen LogP contribution in [0.15, 0.2) is 46.8 Å². The van der Waals surface area contributed by atoms with E-state index in [9.17, 15) is 13.2 Å². The van der Waals surface area contributed by atoms with E-state index in [0.29, 0.717) is 19.0 Å². The van der Waals surface area contributed by atoms with Gasteiger partial charge in [0, 0.05) is 11.9 Å². The van der Waals surface area contributed by atoms with Gasteiger partial charge in [-0.15, -0.1) is 11.3 Å². The molecule has 0 fully saturated rings. The highest BCUT2D eigenvalue weighted by Crippen LogP contribution is 2.35. The molecule has 2 rings (SSSR count). The summed E-state index contributed by atoms with van der Waals surface area (Å²) in [6.07, 6.45) is -4.43. The van der Waals surface area contributed by atoms with E-state index < -0.39 is 11.7 Å². The van der Waals surface area contributed by atoms with Gasteiger partial charge in [0.25, 0.3) is 0 Å². The molecule has 2 N–H and O–H groups in total. The molecule has 0 saturated heterocycles. The van der Waals surface area contributed by atoms with E-state index in [1.54, 1.807) is 18.4 Å². The Morgan fingerprint density at radius 3 is 2.62 bits per heavy atom. The molecule has 0 radical (unpaired) electrons. The lowest BCUT2D eigenvalue weighted by atomic mass is 10.2. The average Bonchev–Trinajstić information content (AvgIpc) is 3.07. The number of alkyl halides is 3. The van der Waals surface area contributed by atoms with E-state index in [4.69, 9.17) is 4.74 Å². The summed E-state index contributed by atoms with van der Waals surface area (Å²) in [6.45, 7) is 1.05. The van der Waals surface area contributed by atoms with Crippen LogP contribution in [0.3, 0.4) is 0 Å². The lowest BCUT2D eigenvalue weighted by molar-refractivity contribution is -0.138. The molecular formula is C16H18F3N3OS. The van der Waals surface area contributed by atoms with Gasteiger partial charge in [0.2, 0.25) is 0 Å². The van der Waals surface area contributed by atoms with E-state index in [2.05, 4.69) is 15.6 Å². The third kappa shape index (κ3) is 5.45. The number of hydrogen-bond donors (Lipinski definition) is 2. The SMILES string of the molecule is CN=C(NCCOc1ccccc1C(F)(F)F)NCc1cccs1. The van der Waals surface area contributed by atoms with Crippen molar-refractivity contribution in [2.75, 3.05) is 20.2 Å². The van der Waals surface area contributed by atoms with Gasteiger partial charge in [0.1, 0.15) is 12.4 Å². The third-order valence-electron chi connectivity index (χ3n) is 3.08. The fraction of sp³-hybridized carbons (Fsp3) is 0.312. The maximum Gasteiger partial charge on any atom is 0.419 e. The van der Waals surface area contributed by atoms with Crippen LogP contribution in [0.4, 0.5) is 13.2 Å². The zero-order valence-electron chi connectivity index (χ0n) is 13.1. The Kier molecular flexibility index (Phi) is 6.48. The molecule has 0 aliphatic carbocycles. The molecular weight excluding hydrogens is 339 g/mol. The van der Waals surface area contributed by atoms with Gasteiger partial charge in [-0.05, 0) is 23.6 Å². The third-order valence-corrected chi connectivity index (χ3v) is 3.95. The monoisotopic (exact) mass is 357 g/mol. The van der Waals surface area contributed by atoms with Gasteiger partial charge in [-0.1, -0.05) is 18.2 Å². The van der Waals surface area contributed by atoms with Crippen molar-refractivity contribution in [2.45, 2.75) is 12.7 Å². The van der Waals surface area contributed by atoms with Crippen LogP contribution >= 0.6 is 11.3 Å². The van der Waals surface area contributed by atoms with Crippen molar-refractivity contribution in [1.82, 2.24) is 10.6 Å². The zero-order chi connectivity index (χ0) is 17.4. The summed E-state index contributed by atoms with van der Waals surface area (Å²) < 4.78 is 43.8. The molecule has 8 heteroatoms. The van der Waals surface area contributed by atoms with Crippen LogP contribution in [0.25, 0.3) is 0 Å². The first-order valence-corrected chi connectivity index (χ1v) is 8.14. The van der Waals surface area contributed by atoms with Gasteiger partial charge in [0.15, 0.2) is 5.96 Å². The fourth-order valence-corrected chi connectivity index (χ4v) is 2.61. The van der Waals surface area contributed by atoms with Gasteiger partial charge < -0.3 is 15.4 Å². The molecule has 0 saturated carbocycles. The largest absolute Gasteiger partial charge is 0.491 e. The highest BCUT2D eigenvalue weighted by Gasteiger charge is 2.33. The maximum atomic E-state index is 12.9. The van der Waals surface area contributed by atoms with Crippen LogP contribution in [-0.4, -0.2) is 26.2 Å². The molecule has 1 aromatic heterocycles. The minimum Gasteiger partial charge on any atom is -0.491 e. The Bertz CT molecular complexity index is 657. The Balaban J connectivity index is 1.78. The number of nitrogens with one attached hydrogen (secondary N) is 2. The quantitative estimate of drug-likeness (QED) is 0.472. The van der Waals surface area contributed by atoms with Crippen LogP contribution < -0.4 is 15.4 Å². The highest BCUT2D eigenvalue weighted by atomic mass is 32.1. The summed E-state index contributed by atoms with van der Waals surface area (Å²) in [5, 5.41) is 8.10. The van der Waals surface area contributed by atoms with Crippen molar-refractivity contribution in [2.24, 2.45) is 4.99 Å². The lowest BCUT2D eigenvalue weighted by Gasteiger charge is -2.15. The fourth-order valence-electron chi connectivity index (χ4n) is 1.96. The smallest absolute Gasteiger partial charge is 0.419 e. The van der Waals surface area contributed by atoms with Crippen molar-refractivity contribution in [3.63, 3.8) is 0 Å². The first-order valence-electron chi connectivity index (χ1n) is 7.26. The summed E-state index contributed by atoms with van der Waals surface area (Å²) in [6, 6.07) is 9.13. The number of thiophene rings is 1. The summed E-state index contributed by atoms with van der Waals surface area (Å²) in [5.74, 6) is 0.393. The molecule has 0 spiro atoms. The van der Waals surface area contributed by atoms with Crippen molar-refractivity contribution in [3.05, 3.63) is 52.2 Å². The van der Waals surface area contributed by atoms with E-state index in [1.165, 1.54) is 18.2 Å². The van der Waals surface area contributed by atoms with Crippen LogP contribution in [-0.2, 0) is 12.7 Å². The number of aliphatic imine (C=N–C) groups is 1. The average molecular weight is 357 g/mol. The summed E-state index contributed by atoms with van der Waals surface area (Å²) >= 11 is 1.63. The molecule has 0 aliphatic heterocycles. The summed E-state index contributed by atoms with van der Waals surface area (Å²) in [7, 11) is 1.63. The zero-order valence-corrected chi connectivity index (χ0v) is 13.9. The van der Waals surface area contributed by atoms with Crippen LogP contribution in [0.5, 0.6) is 5.75 Å². The molecule has 1 aromatic carbocycles. The number of benzene rings is 1. The molecule has 0 atom stereocenters. The van der Waals surface area contributed by atoms with Gasteiger partial charge in [-0.3, -0.25) is 4.99 Å². The molecule has 0 aliphatic rings. The van der Waals surface area contributed by atoms with Crippen molar-refractivity contribution in [1.29, 1.82) is 0 Å². The predicted octanol–water partition coefficient (Wildman–Crippen LogP) is 3.51. The number of nitrogens with zero attached hydrogens (tertiary/aromatic N) is 1. The maximum absolute atomic E-state index is 12.9. The predicted molar refractivity (Wildman–Crippen MR) is 89.5 cm³/mol. The number of halogens is 3. The van der Waals surface area contributed by atoms with Crippen LogP contribution in [0.2, 0.25) is 0 Å². The van der Waals surface area contributed by atoms with Gasteiger partial charge in [0.05, 0.1) is 18.7 Å². The Hall–Kier alpha value is -2.22. The van der Waals surface area contributed by atoms with Gasteiger partial charge in [-0.2, -0.15) is 13.2 Å². The minimum absolute atomic E-state index is 0.0901. The molecule has 4 nitrogen and oxygen atoms in total. The molecule has 24 heavy (non-hydrogen) atoms. The minimum atomic E-state index is -4.43. The van der Waals surface area contributed by atoms with Gasteiger partial charge >= 0.3 is 6.18 Å². The number of rotatable bonds is 6. The van der Waals surface area contributed by atoms with E-state index >= 15 is 0 Å². The number of hydrogen-bond acceptors (Lipinski definition) is 3. The van der Waals surface area contributed by atoms with E-state index in [1.807, 2.05) is 17.5 Å².